The van der Waals surface area contributed by atoms with Gasteiger partial charge in [0.05, 0.1) is 17.8 Å². The molecule has 6 fully saturated rings. The van der Waals surface area contributed by atoms with Crippen LogP contribution in [0.1, 0.15) is 52.4 Å². The first-order valence-electron chi connectivity index (χ1n) is 11.9. The van der Waals surface area contributed by atoms with E-state index >= 15 is 0 Å². The summed E-state index contributed by atoms with van der Waals surface area (Å²) in [4.78, 5) is 0. The highest BCUT2D eigenvalue weighted by Crippen LogP contribution is 2.80. The summed E-state index contributed by atoms with van der Waals surface area (Å²) in [5.41, 5.74) is 4.18. The van der Waals surface area contributed by atoms with Gasteiger partial charge in [0.25, 0.3) is 0 Å². The number of methoxy groups -OCH3 is 2. The van der Waals surface area contributed by atoms with Crippen LogP contribution in [0.25, 0.3) is 0 Å². The van der Waals surface area contributed by atoms with Crippen molar-refractivity contribution in [1.29, 1.82) is 0 Å². The third-order valence-electron chi connectivity index (χ3n) is 10.8. The quantitative estimate of drug-likeness (QED) is 0.732. The van der Waals surface area contributed by atoms with Crippen molar-refractivity contribution in [3.63, 3.8) is 0 Å². The van der Waals surface area contributed by atoms with Crippen molar-refractivity contribution in [2.24, 2.45) is 40.7 Å². The average molecular weight is 420 g/mol. The van der Waals surface area contributed by atoms with E-state index in [0.29, 0.717) is 30.1 Å². The summed E-state index contributed by atoms with van der Waals surface area (Å²) in [6.07, 6.45) is 8.99. The van der Waals surface area contributed by atoms with Crippen molar-refractivity contribution < 1.29 is 24.1 Å². The molecular formula is C24H37NO5. The van der Waals surface area contributed by atoms with E-state index in [1.165, 1.54) is 6.20 Å². The third kappa shape index (κ3) is 1.88. The molecule has 6 aliphatic rings. The lowest BCUT2D eigenvalue weighted by Crippen LogP contribution is -2.71. The van der Waals surface area contributed by atoms with Crippen molar-refractivity contribution >= 4 is 0 Å². The minimum Gasteiger partial charge on any atom is -0.405 e. The van der Waals surface area contributed by atoms with Crippen LogP contribution in [0.5, 0.6) is 0 Å². The summed E-state index contributed by atoms with van der Waals surface area (Å²) in [6, 6.07) is 0. The van der Waals surface area contributed by atoms with Gasteiger partial charge in [-0.15, -0.1) is 0 Å². The molecule has 2 spiro atoms. The van der Waals surface area contributed by atoms with Crippen molar-refractivity contribution in [1.82, 2.24) is 0 Å². The Bertz CT molecular complexity index is 775. The van der Waals surface area contributed by atoms with Gasteiger partial charge in [-0.1, -0.05) is 6.92 Å². The molecule has 1 heterocycles. The summed E-state index contributed by atoms with van der Waals surface area (Å²) in [6.45, 7) is 4.42. The fourth-order valence-electron chi connectivity index (χ4n) is 10.2. The first-order chi connectivity index (χ1) is 14.3. The Morgan fingerprint density at radius 3 is 2.57 bits per heavy atom. The topological polar surface area (TPSA) is 83.2 Å². The van der Waals surface area contributed by atoms with Crippen LogP contribution in [-0.2, 0) is 18.9 Å². The zero-order chi connectivity index (χ0) is 21.1. The Balaban J connectivity index is 1.58. The Morgan fingerprint density at radius 1 is 1.07 bits per heavy atom. The first kappa shape index (κ1) is 20.0. The van der Waals surface area contributed by atoms with E-state index < -0.39 is 5.60 Å². The second-order valence-corrected chi connectivity index (χ2v) is 11.1. The predicted molar refractivity (Wildman–Crippen MR) is 110 cm³/mol. The second-order valence-electron chi connectivity index (χ2n) is 11.1. The first-order valence-corrected chi connectivity index (χ1v) is 11.9. The van der Waals surface area contributed by atoms with E-state index in [4.69, 9.17) is 24.7 Å². The molecule has 0 aromatic heterocycles. The van der Waals surface area contributed by atoms with Crippen LogP contribution >= 0.6 is 0 Å². The number of fused-ring (bicyclic) bond motifs is 2. The van der Waals surface area contributed by atoms with Crippen molar-refractivity contribution in [3.05, 3.63) is 12.3 Å². The van der Waals surface area contributed by atoms with Gasteiger partial charge in [0.1, 0.15) is 11.2 Å². The van der Waals surface area contributed by atoms with Gasteiger partial charge in [0.15, 0.2) is 6.29 Å². The normalized spacial score (nSPS) is 63.2. The van der Waals surface area contributed by atoms with Gasteiger partial charge in [-0.2, -0.15) is 0 Å². The van der Waals surface area contributed by atoms with Crippen LogP contribution in [0.3, 0.4) is 0 Å². The molecule has 6 rings (SSSR count). The van der Waals surface area contributed by atoms with Gasteiger partial charge in [-0.25, -0.2) is 0 Å². The molecule has 5 aliphatic carbocycles. The minimum absolute atomic E-state index is 0.116. The molecule has 0 aromatic rings. The van der Waals surface area contributed by atoms with E-state index in [1.807, 2.05) is 20.3 Å². The van der Waals surface area contributed by atoms with Crippen LogP contribution in [0.2, 0.25) is 0 Å². The molecule has 1 aliphatic heterocycles. The maximum Gasteiger partial charge on any atom is 0.156 e. The number of ether oxygens (including phenoxy) is 4. The Kier molecular flexibility index (Phi) is 4.01. The molecule has 168 valence electrons. The standard InChI is InChI=1S/C24H37NO5/c1-13-16-10-19-22-11-15(9-18(22)21(26,7-8-25)6-5-20(22)28-4)23(12-17(16)27-3)24(13,19)30-14(2)29-23/h7-8,13-20,26H,5-6,9-12,25H2,1-4H3/b8-7-/t13-,14?,15?,16-,17-,18?,19?,20-,21+,22+,23-,24+/m0/s1. The van der Waals surface area contributed by atoms with Gasteiger partial charge < -0.3 is 29.8 Å². The lowest BCUT2D eigenvalue weighted by Gasteiger charge is -2.63. The van der Waals surface area contributed by atoms with E-state index in [2.05, 4.69) is 13.8 Å². The molecule has 30 heavy (non-hydrogen) atoms. The third-order valence-corrected chi connectivity index (χ3v) is 10.8. The van der Waals surface area contributed by atoms with E-state index in [0.717, 1.165) is 32.1 Å². The molecule has 0 radical (unpaired) electrons. The summed E-state index contributed by atoms with van der Waals surface area (Å²) in [5.74, 6) is 1.56. The van der Waals surface area contributed by atoms with Gasteiger partial charge in [-0.3, -0.25) is 0 Å². The molecule has 6 nitrogen and oxygen atoms in total. The molecule has 12 atom stereocenters. The molecule has 0 amide bonds. The Labute approximate surface area is 179 Å². The van der Waals surface area contributed by atoms with E-state index in [9.17, 15) is 5.11 Å². The molecular weight excluding hydrogens is 382 g/mol. The Hall–Kier alpha value is -0.660. The summed E-state index contributed by atoms with van der Waals surface area (Å²) < 4.78 is 26.0. The van der Waals surface area contributed by atoms with Crippen LogP contribution in [0, 0.1) is 35.0 Å². The number of nitrogens with two attached hydrogens (primary N) is 1. The van der Waals surface area contributed by atoms with Crippen LogP contribution in [0.15, 0.2) is 12.3 Å². The average Bonchev–Trinajstić information content (AvgIpc) is 3.32. The lowest BCUT2D eigenvalue weighted by atomic mass is 9.46. The molecule has 6 heteroatoms. The summed E-state index contributed by atoms with van der Waals surface area (Å²) in [7, 11) is 3.70. The summed E-state index contributed by atoms with van der Waals surface area (Å²) >= 11 is 0. The fourth-order valence-corrected chi connectivity index (χ4v) is 10.2. The zero-order valence-corrected chi connectivity index (χ0v) is 18.7. The molecule has 0 aromatic carbocycles. The highest BCUT2D eigenvalue weighted by atomic mass is 16.8. The molecule has 4 bridgehead atoms. The molecule has 3 N–H and O–H groups in total. The highest BCUT2D eigenvalue weighted by molar-refractivity contribution is 5.35. The number of hydrogen-bond donors (Lipinski definition) is 2. The minimum atomic E-state index is -0.883. The van der Waals surface area contributed by atoms with E-state index in [1.54, 1.807) is 0 Å². The van der Waals surface area contributed by atoms with E-state index in [-0.39, 0.29) is 41.0 Å². The zero-order valence-electron chi connectivity index (χ0n) is 18.7. The maximum atomic E-state index is 11.8. The second kappa shape index (κ2) is 6.02. The fraction of sp³-hybridized carbons (Fsp3) is 0.917. The number of hydrogen-bond acceptors (Lipinski definition) is 6. The SMILES string of the molecule is CO[C@H]1C[C@@]23OC(C)O[C@]24C(C[C@H]1[C@@H]4C)[C@@]12CC3CC1[C@](O)(/C=C\N)CC[C@@H]2OC. The van der Waals surface area contributed by atoms with Crippen molar-refractivity contribution in [2.45, 2.75) is 87.7 Å². The lowest BCUT2D eigenvalue weighted by molar-refractivity contribution is -0.246. The number of rotatable bonds is 3. The monoisotopic (exact) mass is 419 g/mol. The number of aliphatic hydroxyl groups is 1. The highest BCUT2D eigenvalue weighted by Gasteiger charge is 2.86. The largest absolute Gasteiger partial charge is 0.405 e. The van der Waals surface area contributed by atoms with Crippen LogP contribution in [-0.4, -0.2) is 54.6 Å². The van der Waals surface area contributed by atoms with Gasteiger partial charge in [-0.05, 0) is 69.1 Å². The van der Waals surface area contributed by atoms with Crippen molar-refractivity contribution in [2.75, 3.05) is 14.2 Å². The molecule has 4 unspecified atom stereocenters. The van der Waals surface area contributed by atoms with Gasteiger partial charge in [0.2, 0.25) is 0 Å². The van der Waals surface area contributed by atoms with Crippen LogP contribution in [0.4, 0.5) is 0 Å². The van der Waals surface area contributed by atoms with Crippen LogP contribution < -0.4 is 5.73 Å². The molecule has 1 saturated heterocycles. The van der Waals surface area contributed by atoms with Gasteiger partial charge in [0, 0.05) is 37.9 Å². The predicted octanol–water partition coefficient (Wildman–Crippen LogP) is 2.59. The molecule has 5 saturated carbocycles. The van der Waals surface area contributed by atoms with Gasteiger partial charge >= 0.3 is 0 Å². The van der Waals surface area contributed by atoms with Crippen molar-refractivity contribution in [3.8, 4) is 0 Å². The maximum absolute atomic E-state index is 11.8. The Morgan fingerprint density at radius 2 is 1.87 bits per heavy atom. The smallest absolute Gasteiger partial charge is 0.156 e. The summed E-state index contributed by atoms with van der Waals surface area (Å²) in [5, 5.41) is 11.8.